The summed E-state index contributed by atoms with van der Waals surface area (Å²) in [4.78, 5) is 20.4. The third-order valence-electron chi connectivity index (χ3n) is 3.98. The molecule has 1 fully saturated rings. The van der Waals surface area contributed by atoms with Crippen molar-refractivity contribution in [1.82, 2.24) is 30.4 Å². The average molecular weight is 351 g/mol. The van der Waals surface area contributed by atoms with Crippen LogP contribution in [0.15, 0.2) is 24.7 Å². The molecular weight excluding hydrogens is 328 g/mol. The first-order chi connectivity index (χ1) is 11.2. The number of hydrogen-bond acceptors (Lipinski definition) is 5. The van der Waals surface area contributed by atoms with Gasteiger partial charge < -0.3 is 10.6 Å². The van der Waals surface area contributed by atoms with Gasteiger partial charge in [0.2, 0.25) is 5.91 Å². The normalized spacial score (nSPS) is 17.1. The molecule has 2 aromatic heterocycles. The number of aryl methyl sites for hydroxylation is 1. The standard InChI is InChI=1S/C16H22N6O.ClH/c1-12-7-19-14(9-18-12)10-20-16(23)11-22-6-4-15(21-22)13-3-2-5-17-8-13;/h4,6-7,9,13,17H,2-3,5,8,10-11H2,1H3,(H,20,23);1H. The molecule has 3 heterocycles. The van der Waals surface area contributed by atoms with Crippen LogP contribution in [0.1, 0.15) is 35.8 Å². The van der Waals surface area contributed by atoms with Gasteiger partial charge in [0.15, 0.2) is 0 Å². The van der Waals surface area contributed by atoms with Crippen molar-refractivity contribution in [3.8, 4) is 0 Å². The van der Waals surface area contributed by atoms with E-state index in [1.54, 1.807) is 17.1 Å². The number of hydrogen-bond donors (Lipinski definition) is 2. The van der Waals surface area contributed by atoms with Crippen molar-refractivity contribution >= 4 is 18.3 Å². The lowest BCUT2D eigenvalue weighted by molar-refractivity contribution is -0.122. The van der Waals surface area contributed by atoms with Crippen LogP contribution in [0.3, 0.4) is 0 Å². The van der Waals surface area contributed by atoms with Crippen LogP contribution in [0.4, 0.5) is 0 Å². The predicted molar refractivity (Wildman–Crippen MR) is 92.9 cm³/mol. The molecule has 3 rings (SSSR count). The van der Waals surface area contributed by atoms with Crippen molar-refractivity contribution in [3.05, 3.63) is 41.7 Å². The molecule has 0 aliphatic carbocycles. The van der Waals surface area contributed by atoms with Gasteiger partial charge in [-0.25, -0.2) is 0 Å². The smallest absolute Gasteiger partial charge is 0.242 e. The van der Waals surface area contributed by atoms with Gasteiger partial charge in [-0.3, -0.25) is 19.4 Å². The second-order valence-corrected chi connectivity index (χ2v) is 5.91. The number of amides is 1. The Morgan fingerprint density at radius 3 is 3.00 bits per heavy atom. The molecule has 1 aliphatic rings. The highest BCUT2D eigenvalue weighted by Gasteiger charge is 2.17. The molecule has 1 atom stereocenters. The fraction of sp³-hybridized carbons (Fsp3) is 0.500. The van der Waals surface area contributed by atoms with E-state index in [0.29, 0.717) is 12.5 Å². The van der Waals surface area contributed by atoms with Crippen LogP contribution in [0.2, 0.25) is 0 Å². The van der Waals surface area contributed by atoms with Gasteiger partial charge in [-0.05, 0) is 32.4 Å². The molecule has 0 saturated carbocycles. The Morgan fingerprint density at radius 2 is 2.29 bits per heavy atom. The van der Waals surface area contributed by atoms with E-state index in [9.17, 15) is 4.79 Å². The van der Waals surface area contributed by atoms with E-state index >= 15 is 0 Å². The van der Waals surface area contributed by atoms with Crippen LogP contribution in [-0.4, -0.2) is 38.7 Å². The Bertz CT molecular complexity index is 651. The van der Waals surface area contributed by atoms with Gasteiger partial charge in [0.25, 0.3) is 0 Å². The molecule has 0 radical (unpaired) electrons. The first kappa shape index (κ1) is 18.4. The first-order valence-corrected chi connectivity index (χ1v) is 7.99. The maximum Gasteiger partial charge on any atom is 0.242 e. The Hall–Kier alpha value is -1.99. The van der Waals surface area contributed by atoms with Gasteiger partial charge in [0.05, 0.1) is 29.8 Å². The Labute approximate surface area is 147 Å². The Balaban J connectivity index is 0.00000208. The summed E-state index contributed by atoms with van der Waals surface area (Å²) >= 11 is 0. The number of nitrogens with one attached hydrogen (secondary N) is 2. The summed E-state index contributed by atoms with van der Waals surface area (Å²) in [7, 11) is 0. The zero-order chi connectivity index (χ0) is 16.1. The molecule has 1 amide bonds. The van der Waals surface area contributed by atoms with Gasteiger partial charge >= 0.3 is 0 Å². The molecule has 130 valence electrons. The van der Waals surface area contributed by atoms with Gasteiger partial charge in [0.1, 0.15) is 6.54 Å². The quantitative estimate of drug-likeness (QED) is 0.846. The maximum absolute atomic E-state index is 12.0. The fourth-order valence-corrected chi connectivity index (χ4v) is 2.69. The number of carbonyl (C=O) groups is 1. The number of aromatic nitrogens is 4. The van der Waals surface area contributed by atoms with Crippen LogP contribution in [0.5, 0.6) is 0 Å². The molecule has 0 spiro atoms. The fourth-order valence-electron chi connectivity index (χ4n) is 2.69. The second-order valence-electron chi connectivity index (χ2n) is 5.91. The maximum atomic E-state index is 12.0. The summed E-state index contributed by atoms with van der Waals surface area (Å²) in [5, 5.41) is 10.8. The Morgan fingerprint density at radius 1 is 1.42 bits per heavy atom. The van der Waals surface area contributed by atoms with E-state index in [0.717, 1.165) is 36.6 Å². The number of nitrogens with zero attached hydrogens (tertiary/aromatic N) is 4. The van der Waals surface area contributed by atoms with Crippen molar-refractivity contribution in [2.45, 2.75) is 38.8 Å². The van der Waals surface area contributed by atoms with Gasteiger partial charge in [-0.15, -0.1) is 12.4 Å². The van der Waals surface area contributed by atoms with E-state index < -0.39 is 0 Å². The van der Waals surface area contributed by atoms with Crippen molar-refractivity contribution in [3.63, 3.8) is 0 Å². The van der Waals surface area contributed by atoms with Crippen molar-refractivity contribution in [2.24, 2.45) is 0 Å². The van der Waals surface area contributed by atoms with Crippen molar-refractivity contribution < 1.29 is 4.79 Å². The van der Waals surface area contributed by atoms with E-state index in [-0.39, 0.29) is 24.9 Å². The lowest BCUT2D eigenvalue weighted by atomic mass is 9.97. The zero-order valence-electron chi connectivity index (χ0n) is 13.7. The summed E-state index contributed by atoms with van der Waals surface area (Å²) in [6, 6.07) is 2.01. The largest absolute Gasteiger partial charge is 0.349 e. The minimum absolute atomic E-state index is 0. The molecule has 2 aromatic rings. The van der Waals surface area contributed by atoms with Gasteiger partial charge in [-0.2, -0.15) is 5.10 Å². The van der Waals surface area contributed by atoms with E-state index in [1.807, 2.05) is 19.2 Å². The highest BCUT2D eigenvalue weighted by atomic mass is 35.5. The van der Waals surface area contributed by atoms with Crippen molar-refractivity contribution in [1.29, 1.82) is 0 Å². The predicted octanol–water partition coefficient (Wildman–Crippen LogP) is 1.19. The third kappa shape index (κ3) is 5.01. The topological polar surface area (TPSA) is 84.7 Å². The van der Waals surface area contributed by atoms with Gasteiger partial charge in [-0.1, -0.05) is 0 Å². The van der Waals surface area contributed by atoms with Crippen LogP contribution in [0, 0.1) is 6.92 Å². The molecule has 24 heavy (non-hydrogen) atoms. The summed E-state index contributed by atoms with van der Waals surface area (Å²) < 4.78 is 1.69. The van der Waals surface area contributed by atoms with E-state index in [4.69, 9.17) is 0 Å². The minimum Gasteiger partial charge on any atom is -0.349 e. The number of carbonyl (C=O) groups excluding carboxylic acids is 1. The number of rotatable bonds is 5. The van der Waals surface area contributed by atoms with Crippen LogP contribution in [0.25, 0.3) is 0 Å². The van der Waals surface area contributed by atoms with Crippen LogP contribution in [-0.2, 0) is 17.9 Å². The SMILES string of the molecule is Cc1cnc(CNC(=O)Cn2ccc(C3CCCNC3)n2)cn1.Cl. The molecule has 1 unspecified atom stereocenters. The summed E-state index contributed by atoms with van der Waals surface area (Å²) in [6.07, 6.45) is 7.57. The lowest BCUT2D eigenvalue weighted by Crippen LogP contribution is -2.29. The molecule has 1 aliphatic heterocycles. The monoisotopic (exact) mass is 350 g/mol. The third-order valence-corrected chi connectivity index (χ3v) is 3.98. The highest BCUT2D eigenvalue weighted by Crippen LogP contribution is 2.21. The summed E-state index contributed by atoms with van der Waals surface area (Å²) in [5.41, 5.74) is 2.68. The molecule has 0 aromatic carbocycles. The molecule has 8 heteroatoms. The van der Waals surface area contributed by atoms with Crippen LogP contribution >= 0.6 is 12.4 Å². The minimum atomic E-state index is -0.0798. The van der Waals surface area contributed by atoms with E-state index in [2.05, 4.69) is 25.7 Å². The number of halogens is 1. The molecular formula is C16H23ClN6O. The zero-order valence-corrected chi connectivity index (χ0v) is 14.6. The molecule has 7 nitrogen and oxygen atoms in total. The molecule has 0 bridgehead atoms. The number of piperidine rings is 1. The summed E-state index contributed by atoms with van der Waals surface area (Å²) in [6.45, 7) is 4.54. The van der Waals surface area contributed by atoms with Crippen LogP contribution < -0.4 is 10.6 Å². The summed E-state index contributed by atoms with van der Waals surface area (Å²) in [5.74, 6) is 0.375. The average Bonchev–Trinajstić information content (AvgIpc) is 3.04. The highest BCUT2D eigenvalue weighted by molar-refractivity contribution is 5.85. The molecule has 2 N–H and O–H groups in total. The van der Waals surface area contributed by atoms with Gasteiger partial charge in [0, 0.05) is 24.9 Å². The first-order valence-electron chi connectivity index (χ1n) is 7.99. The van der Waals surface area contributed by atoms with E-state index in [1.165, 1.54) is 6.42 Å². The second kappa shape index (κ2) is 8.75. The molecule has 1 saturated heterocycles. The Kier molecular flexibility index (Phi) is 6.69. The van der Waals surface area contributed by atoms with Crippen molar-refractivity contribution in [2.75, 3.05) is 13.1 Å². The lowest BCUT2D eigenvalue weighted by Gasteiger charge is -2.20.